The molecule has 0 radical (unpaired) electrons. The number of unbranched alkanes of at least 4 members (excludes halogenated alkanes) is 3. The van der Waals surface area contributed by atoms with Gasteiger partial charge in [-0.05, 0) is 75.3 Å². The maximum atomic E-state index is 6.30. The van der Waals surface area contributed by atoms with Crippen LogP contribution in [0.4, 0.5) is 0 Å². The third kappa shape index (κ3) is 5.16. The van der Waals surface area contributed by atoms with Crippen molar-refractivity contribution in [3.63, 3.8) is 0 Å². The molecule has 0 unspecified atom stereocenters. The molecule has 2 rings (SSSR count). The quantitative estimate of drug-likeness (QED) is 0.673. The Bertz CT molecular complexity index is 410. The van der Waals surface area contributed by atoms with E-state index in [2.05, 4.69) is 31.3 Å². The van der Waals surface area contributed by atoms with Crippen molar-refractivity contribution >= 4 is 11.6 Å². The van der Waals surface area contributed by atoms with Crippen LogP contribution < -0.4 is 5.32 Å². The van der Waals surface area contributed by atoms with Crippen LogP contribution in [-0.2, 0) is 6.42 Å². The SMILES string of the molecule is Cc1cc(Cl)c(CCCCCCNC2CC2)cc1C. The fourth-order valence-electron chi connectivity index (χ4n) is 2.42. The third-order valence-corrected chi connectivity index (χ3v) is 4.40. The van der Waals surface area contributed by atoms with Gasteiger partial charge in [0.2, 0.25) is 0 Å². The van der Waals surface area contributed by atoms with Crippen LogP contribution in [0.15, 0.2) is 12.1 Å². The van der Waals surface area contributed by atoms with E-state index in [1.54, 1.807) is 0 Å². The van der Waals surface area contributed by atoms with Gasteiger partial charge in [-0.3, -0.25) is 0 Å². The van der Waals surface area contributed by atoms with Crippen LogP contribution in [0.1, 0.15) is 55.2 Å². The fourth-order valence-corrected chi connectivity index (χ4v) is 2.73. The molecule has 0 aliphatic heterocycles. The molecule has 0 amide bonds. The smallest absolute Gasteiger partial charge is 0.0440 e. The normalized spacial score (nSPS) is 14.9. The molecule has 1 aliphatic rings. The highest BCUT2D eigenvalue weighted by molar-refractivity contribution is 6.31. The number of hydrogen-bond acceptors (Lipinski definition) is 1. The lowest BCUT2D eigenvalue weighted by Gasteiger charge is -2.08. The zero-order valence-electron chi connectivity index (χ0n) is 12.3. The first-order valence-electron chi connectivity index (χ1n) is 7.66. The van der Waals surface area contributed by atoms with Crippen molar-refractivity contribution in [3.8, 4) is 0 Å². The predicted octanol–water partition coefficient (Wildman–Crippen LogP) is 4.81. The minimum atomic E-state index is 0.856. The van der Waals surface area contributed by atoms with Crippen LogP contribution in [0.25, 0.3) is 0 Å². The Morgan fingerprint density at radius 3 is 2.47 bits per heavy atom. The van der Waals surface area contributed by atoms with Gasteiger partial charge in [-0.15, -0.1) is 0 Å². The number of rotatable bonds is 8. The van der Waals surface area contributed by atoms with E-state index in [-0.39, 0.29) is 0 Å². The van der Waals surface area contributed by atoms with E-state index >= 15 is 0 Å². The van der Waals surface area contributed by atoms with E-state index in [0.29, 0.717) is 0 Å². The number of benzene rings is 1. The highest BCUT2D eigenvalue weighted by Crippen LogP contribution is 2.23. The average Bonchev–Trinajstić information content (AvgIpc) is 3.18. The van der Waals surface area contributed by atoms with E-state index in [4.69, 9.17) is 11.6 Å². The van der Waals surface area contributed by atoms with Crippen LogP contribution in [0.2, 0.25) is 5.02 Å². The van der Waals surface area contributed by atoms with E-state index in [1.807, 2.05) is 0 Å². The van der Waals surface area contributed by atoms with Gasteiger partial charge in [-0.1, -0.05) is 30.5 Å². The Morgan fingerprint density at radius 2 is 1.74 bits per heavy atom. The molecule has 106 valence electrons. The standard InChI is InChI=1S/C17H26ClN/c1-13-11-15(17(18)12-14(13)2)7-5-3-4-6-10-19-16-8-9-16/h11-12,16,19H,3-10H2,1-2H3. The molecule has 1 saturated carbocycles. The van der Waals surface area contributed by atoms with Crippen molar-refractivity contribution in [2.45, 2.75) is 64.8 Å². The molecule has 1 N–H and O–H groups in total. The van der Waals surface area contributed by atoms with E-state index in [9.17, 15) is 0 Å². The first kappa shape index (κ1) is 14.9. The molecular weight excluding hydrogens is 254 g/mol. The molecule has 0 spiro atoms. The summed E-state index contributed by atoms with van der Waals surface area (Å²) in [5, 5.41) is 4.51. The number of nitrogens with one attached hydrogen (secondary N) is 1. The van der Waals surface area contributed by atoms with Gasteiger partial charge < -0.3 is 5.32 Å². The molecule has 1 aromatic rings. The molecule has 19 heavy (non-hydrogen) atoms. The second-order valence-corrected chi connectivity index (χ2v) is 6.33. The summed E-state index contributed by atoms with van der Waals surface area (Å²) in [6.45, 7) is 5.49. The lowest BCUT2D eigenvalue weighted by Crippen LogP contribution is -2.17. The van der Waals surface area contributed by atoms with Crippen molar-refractivity contribution < 1.29 is 0 Å². The minimum Gasteiger partial charge on any atom is -0.314 e. The molecule has 0 atom stereocenters. The van der Waals surface area contributed by atoms with Crippen LogP contribution in [0.3, 0.4) is 0 Å². The molecule has 1 aliphatic carbocycles. The van der Waals surface area contributed by atoms with Gasteiger partial charge in [0.15, 0.2) is 0 Å². The predicted molar refractivity (Wildman–Crippen MR) is 84.1 cm³/mol. The first-order valence-corrected chi connectivity index (χ1v) is 8.03. The molecule has 0 heterocycles. The summed E-state index contributed by atoms with van der Waals surface area (Å²) < 4.78 is 0. The summed E-state index contributed by atoms with van der Waals surface area (Å²) in [4.78, 5) is 0. The molecule has 1 fully saturated rings. The van der Waals surface area contributed by atoms with Gasteiger partial charge >= 0.3 is 0 Å². The highest BCUT2D eigenvalue weighted by Gasteiger charge is 2.19. The van der Waals surface area contributed by atoms with Crippen molar-refractivity contribution in [1.29, 1.82) is 0 Å². The fraction of sp³-hybridized carbons (Fsp3) is 0.647. The van der Waals surface area contributed by atoms with Crippen LogP contribution in [0.5, 0.6) is 0 Å². The lowest BCUT2D eigenvalue weighted by molar-refractivity contribution is 0.585. The summed E-state index contributed by atoms with van der Waals surface area (Å²) in [7, 11) is 0. The Kier molecular flexibility index (Phi) is 5.72. The van der Waals surface area contributed by atoms with Crippen molar-refractivity contribution in [3.05, 3.63) is 33.8 Å². The molecule has 0 bridgehead atoms. The van der Waals surface area contributed by atoms with Gasteiger partial charge in [-0.2, -0.15) is 0 Å². The summed E-state index contributed by atoms with van der Waals surface area (Å²) in [6.07, 6.45) is 9.13. The minimum absolute atomic E-state index is 0.856. The number of halogens is 1. The van der Waals surface area contributed by atoms with E-state index in [1.165, 1.54) is 61.8 Å². The number of hydrogen-bond donors (Lipinski definition) is 1. The second-order valence-electron chi connectivity index (χ2n) is 5.92. The van der Waals surface area contributed by atoms with Crippen molar-refractivity contribution in [1.82, 2.24) is 5.32 Å². The average molecular weight is 280 g/mol. The molecule has 1 nitrogen and oxygen atoms in total. The summed E-state index contributed by atoms with van der Waals surface area (Å²) in [5.41, 5.74) is 3.97. The summed E-state index contributed by atoms with van der Waals surface area (Å²) in [5.74, 6) is 0. The van der Waals surface area contributed by atoms with Crippen molar-refractivity contribution in [2.75, 3.05) is 6.54 Å². The maximum Gasteiger partial charge on any atom is 0.0440 e. The van der Waals surface area contributed by atoms with Gasteiger partial charge in [0.1, 0.15) is 0 Å². The monoisotopic (exact) mass is 279 g/mol. The van der Waals surface area contributed by atoms with E-state index < -0.39 is 0 Å². The number of aryl methyl sites for hydroxylation is 3. The third-order valence-electron chi connectivity index (χ3n) is 4.05. The maximum absolute atomic E-state index is 6.30. The Morgan fingerprint density at radius 1 is 1.05 bits per heavy atom. The molecule has 0 aromatic heterocycles. The van der Waals surface area contributed by atoms with Crippen LogP contribution >= 0.6 is 11.6 Å². The molecule has 1 aromatic carbocycles. The van der Waals surface area contributed by atoms with Gasteiger partial charge in [0.05, 0.1) is 0 Å². The Balaban J connectivity index is 1.60. The first-order chi connectivity index (χ1) is 9.16. The molecular formula is C17H26ClN. The Labute approximate surface area is 122 Å². The van der Waals surface area contributed by atoms with E-state index in [0.717, 1.165) is 17.5 Å². The highest BCUT2D eigenvalue weighted by atomic mass is 35.5. The van der Waals surface area contributed by atoms with Crippen LogP contribution in [-0.4, -0.2) is 12.6 Å². The summed E-state index contributed by atoms with van der Waals surface area (Å²) in [6, 6.07) is 5.22. The largest absolute Gasteiger partial charge is 0.314 e. The molecule has 2 heteroatoms. The van der Waals surface area contributed by atoms with Crippen LogP contribution in [0, 0.1) is 13.8 Å². The topological polar surface area (TPSA) is 12.0 Å². The lowest BCUT2D eigenvalue weighted by atomic mass is 10.0. The zero-order chi connectivity index (χ0) is 13.7. The van der Waals surface area contributed by atoms with Gasteiger partial charge in [0.25, 0.3) is 0 Å². The van der Waals surface area contributed by atoms with Gasteiger partial charge in [-0.25, -0.2) is 0 Å². The Hall–Kier alpha value is -0.530. The second kappa shape index (κ2) is 7.31. The van der Waals surface area contributed by atoms with Crippen molar-refractivity contribution in [2.24, 2.45) is 0 Å². The molecule has 0 saturated heterocycles. The summed E-state index contributed by atoms with van der Waals surface area (Å²) >= 11 is 6.30. The zero-order valence-corrected chi connectivity index (χ0v) is 13.0. The van der Waals surface area contributed by atoms with Gasteiger partial charge in [0, 0.05) is 11.1 Å².